The fourth-order valence-electron chi connectivity index (χ4n) is 2.94. The van der Waals surface area contributed by atoms with Crippen molar-refractivity contribution in [2.75, 3.05) is 17.7 Å². The third-order valence-corrected chi connectivity index (χ3v) is 4.99. The van der Waals surface area contributed by atoms with E-state index >= 15 is 0 Å². The number of carbonyl (C=O) groups is 1. The number of carbonyl (C=O) groups excluding carboxylic acids is 1. The van der Waals surface area contributed by atoms with Crippen molar-refractivity contribution in [2.24, 2.45) is 0 Å². The van der Waals surface area contributed by atoms with Gasteiger partial charge in [-0.25, -0.2) is 0 Å². The first kappa shape index (κ1) is 20.8. The minimum Gasteiger partial charge on any atom is -0.504 e. The molecule has 0 aliphatic rings. The summed E-state index contributed by atoms with van der Waals surface area (Å²) in [6, 6.07) is 16.6. The first-order valence-electron chi connectivity index (χ1n) is 8.84. The van der Waals surface area contributed by atoms with E-state index in [9.17, 15) is 9.90 Å². The molecular weight excluding hydrogens is 411 g/mol. The van der Waals surface area contributed by atoms with Crippen LogP contribution >= 0.6 is 23.2 Å². The van der Waals surface area contributed by atoms with Gasteiger partial charge in [-0.3, -0.25) is 4.79 Å². The number of ether oxygens (including phenoxy) is 1. The minimum atomic E-state index is -0.723. The van der Waals surface area contributed by atoms with Gasteiger partial charge in [0.1, 0.15) is 6.04 Å². The molecule has 5 nitrogen and oxygen atoms in total. The number of benzene rings is 3. The standard InChI is InChI=1S/C22H20Cl2N2O3/c1-13-5-3-4-6-16(13)21(26-18-9-7-14(23)11-17(18)24)22(28)25-15-8-10-20(29-2)19(27)12-15/h3-12,21,26-27H,1-2H3,(H,25,28). The summed E-state index contributed by atoms with van der Waals surface area (Å²) < 4.78 is 5.04. The van der Waals surface area contributed by atoms with Gasteiger partial charge in [-0.05, 0) is 48.4 Å². The molecule has 0 heterocycles. The number of aryl methyl sites for hydroxylation is 1. The highest BCUT2D eigenvalue weighted by atomic mass is 35.5. The van der Waals surface area contributed by atoms with Crippen molar-refractivity contribution < 1.29 is 14.6 Å². The second-order valence-electron chi connectivity index (χ2n) is 6.43. The molecule has 0 spiro atoms. The summed E-state index contributed by atoms with van der Waals surface area (Å²) in [6.07, 6.45) is 0. The lowest BCUT2D eigenvalue weighted by atomic mass is 10.00. The third-order valence-electron chi connectivity index (χ3n) is 4.44. The average molecular weight is 431 g/mol. The quantitative estimate of drug-likeness (QED) is 0.461. The Morgan fingerprint density at radius 2 is 1.83 bits per heavy atom. The highest BCUT2D eigenvalue weighted by Crippen LogP contribution is 2.32. The van der Waals surface area contributed by atoms with E-state index in [0.29, 0.717) is 27.2 Å². The highest BCUT2D eigenvalue weighted by molar-refractivity contribution is 6.36. The fourth-order valence-corrected chi connectivity index (χ4v) is 3.40. The van der Waals surface area contributed by atoms with Gasteiger partial charge in [0.15, 0.2) is 11.5 Å². The van der Waals surface area contributed by atoms with Gasteiger partial charge in [0, 0.05) is 16.8 Å². The van der Waals surface area contributed by atoms with E-state index in [2.05, 4.69) is 10.6 Å². The average Bonchev–Trinajstić information content (AvgIpc) is 2.68. The molecule has 3 N–H and O–H groups in total. The van der Waals surface area contributed by atoms with E-state index in [-0.39, 0.29) is 11.7 Å². The lowest BCUT2D eigenvalue weighted by molar-refractivity contribution is -0.117. The molecule has 7 heteroatoms. The topological polar surface area (TPSA) is 70.6 Å². The molecule has 0 saturated carbocycles. The maximum Gasteiger partial charge on any atom is 0.251 e. The largest absolute Gasteiger partial charge is 0.504 e. The first-order chi connectivity index (χ1) is 13.9. The monoisotopic (exact) mass is 430 g/mol. The number of anilines is 2. The Morgan fingerprint density at radius 1 is 1.07 bits per heavy atom. The molecule has 29 heavy (non-hydrogen) atoms. The number of phenols is 1. The van der Waals surface area contributed by atoms with Crippen molar-refractivity contribution >= 4 is 40.5 Å². The van der Waals surface area contributed by atoms with Crippen molar-refractivity contribution in [1.29, 1.82) is 0 Å². The van der Waals surface area contributed by atoms with Crippen molar-refractivity contribution in [3.63, 3.8) is 0 Å². The van der Waals surface area contributed by atoms with Crippen LogP contribution in [0.4, 0.5) is 11.4 Å². The Hall–Kier alpha value is -2.89. The molecular formula is C22H20Cl2N2O3. The lowest BCUT2D eigenvalue weighted by Crippen LogP contribution is -2.28. The predicted molar refractivity (Wildman–Crippen MR) is 117 cm³/mol. The van der Waals surface area contributed by atoms with E-state index in [1.807, 2.05) is 31.2 Å². The van der Waals surface area contributed by atoms with E-state index in [1.165, 1.54) is 13.2 Å². The van der Waals surface area contributed by atoms with Crippen LogP contribution in [0, 0.1) is 6.92 Å². The number of phenolic OH excluding ortho intramolecular Hbond substituents is 1. The zero-order chi connectivity index (χ0) is 21.0. The van der Waals surface area contributed by atoms with Crippen molar-refractivity contribution in [1.82, 2.24) is 0 Å². The molecule has 0 aromatic heterocycles. The van der Waals surface area contributed by atoms with Gasteiger partial charge in [0.05, 0.1) is 17.8 Å². The molecule has 0 bridgehead atoms. The van der Waals surface area contributed by atoms with Crippen molar-refractivity contribution in [3.05, 3.63) is 81.8 Å². The van der Waals surface area contributed by atoms with Gasteiger partial charge >= 0.3 is 0 Å². The highest BCUT2D eigenvalue weighted by Gasteiger charge is 2.23. The minimum absolute atomic E-state index is 0.0635. The van der Waals surface area contributed by atoms with Crippen molar-refractivity contribution in [2.45, 2.75) is 13.0 Å². The molecule has 1 unspecified atom stereocenters. The van der Waals surface area contributed by atoms with E-state index in [0.717, 1.165) is 11.1 Å². The summed E-state index contributed by atoms with van der Waals surface area (Å²) in [5.41, 5.74) is 2.77. The lowest BCUT2D eigenvalue weighted by Gasteiger charge is -2.22. The molecule has 0 fully saturated rings. The van der Waals surface area contributed by atoms with Gasteiger partial charge in [-0.15, -0.1) is 0 Å². The van der Waals surface area contributed by atoms with Gasteiger partial charge in [0.25, 0.3) is 5.91 Å². The Morgan fingerprint density at radius 3 is 2.48 bits per heavy atom. The van der Waals surface area contributed by atoms with Crippen LogP contribution in [0.2, 0.25) is 10.0 Å². The van der Waals surface area contributed by atoms with Crippen LogP contribution in [-0.4, -0.2) is 18.1 Å². The second kappa shape index (κ2) is 9.07. The molecule has 3 rings (SSSR count). The molecule has 0 radical (unpaired) electrons. The SMILES string of the molecule is COc1ccc(NC(=O)C(Nc2ccc(Cl)cc2Cl)c2ccccc2C)cc1O. The molecule has 3 aromatic carbocycles. The molecule has 1 atom stereocenters. The van der Waals surface area contributed by atoms with Crippen LogP contribution in [0.3, 0.4) is 0 Å². The summed E-state index contributed by atoms with van der Waals surface area (Å²) in [5.74, 6) is -0.0501. The van der Waals surface area contributed by atoms with Crippen LogP contribution < -0.4 is 15.4 Å². The molecule has 150 valence electrons. The summed E-state index contributed by atoms with van der Waals surface area (Å²) in [4.78, 5) is 13.2. The number of rotatable bonds is 6. The zero-order valence-electron chi connectivity index (χ0n) is 15.9. The third kappa shape index (κ3) is 4.94. The number of nitrogens with one attached hydrogen (secondary N) is 2. The second-order valence-corrected chi connectivity index (χ2v) is 7.28. The Labute approximate surface area is 179 Å². The smallest absolute Gasteiger partial charge is 0.251 e. The molecule has 0 aliphatic heterocycles. The normalized spacial score (nSPS) is 11.6. The van der Waals surface area contributed by atoms with Crippen LogP contribution in [-0.2, 0) is 4.79 Å². The van der Waals surface area contributed by atoms with Crippen LogP contribution in [0.25, 0.3) is 0 Å². The van der Waals surface area contributed by atoms with Gasteiger partial charge in [-0.1, -0.05) is 47.5 Å². The maximum absolute atomic E-state index is 13.2. The summed E-state index contributed by atoms with van der Waals surface area (Å²) >= 11 is 12.3. The van der Waals surface area contributed by atoms with Crippen molar-refractivity contribution in [3.8, 4) is 11.5 Å². The van der Waals surface area contributed by atoms with Crippen LogP contribution in [0.5, 0.6) is 11.5 Å². The summed E-state index contributed by atoms with van der Waals surface area (Å²) in [5, 5.41) is 16.9. The molecule has 0 aliphatic carbocycles. The predicted octanol–water partition coefficient (Wildman–Crippen LogP) is 5.81. The fraction of sp³-hybridized carbons (Fsp3) is 0.136. The molecule has 3 aromatic rings. The Kier molecular flexibility index (Phi) is 6.52. The number of amides is 1. The number of methoxy groups -OCH3 is 1. The van der Waals surface area contributed by atoms with E-state index < -0.39 is 6.04 Å². The summed E-state index contributed by atoms with van der Waals surface area (Å²) in [6.45, 7) is 1.93. The van der Waals surface area contributed by atoms with Gasteiger partial charge in [-0.2, -0.15) is 0 Å². The van der Waals surface area contributed by atoms with Gasteiger partial charge in [0.2, 0.25) is 0 Å². The number of hydrogen-bond acceptors (Lipinski definition) is 4. The zero-order valence-corrected chi connectivity index (χ0v) is 17.4. The number of hydrogen-bond donors (Lipinski definition) is 3. The molecule has 0 saturated heterocycles. The Bertz CT molecular complexity index is 1040. The first-order valence-corrected chi connectivity index (χ1v) is 9.59. The van der Waals surface area contributed by atoms with Gasteiger partial charge < -0.3 is 20.5 Å². The van der Waals surface area contributed by atoms with E-state index in [4.69, 9.17) is 27.9 Å². The maximum atomic E-state index is 13.2. The van der Waals surface area contributed by atoms with Crippen LogP contribution in [0.15, 0.2) is 60.7 Å². The number of aromatic hydroxyl groups is 1. The number of halogens is 2. The molecule has 1 amide bonds. The van der Waals surface area contributed by atoms with Crippen LogP contribution in [0.1, 0.15) is 17.2 Å². The Balaban J connectivity index is 1.93. The summed E-state index contributed by atoms with van der Waals surface area (Å²) in [7, 11) is 1.46. The van der Waals surface area contributed by atoms with E-state index in [1.54, 1.807) is 30.3 Å².